The van der Waals surface area contributed by atoms with Crippen molar-refractivity contribution < 1.29 is 23.7 Å². The fourth-order valence-corrected chi connectivity index (χ4v) is 3.97. The average Bonchev–Trinajstić information content (AvgIpc) is 2.96. The Balaban J connectivity index is 1.39. The van der Waals surface area contributed by atoms with Gasteiger partial charge < -0.3 is 18.9 Å². The van der Waals surface area contributed by atoms with Gasteiger partial charge in [0, 0.05) is 5.56 Å². The SMILES string of the molecule is COc1cc(COc2c(Cl)cc(/C=N/NC(=O)c3ccc(C)cc3)cc2OC)ccc1OCc1ccccc1. The molecule has 7 nitrogen and oxygen atoms in total. The molecule has 0 aliphatic carbocycles. The Hall–Kier alpha value is -4.49. The number of methoxy groups -OCH3 is 2. The van der Waals surface area contributed by atoms with E-state index in [2.05, 4.69) is 10.5 Å². The Morgan fingerprint density at radius 3 is 2.26 bits per heavy atom. The minimum Gasteiger partial charge on any atom is -0.493 e. The summed E-state index contributed by atoms with van der Waals surface area (Å²) in [6.07, 6.45) is 1.49. The molecular weight excluding hydrogens is 516 g/mol. The van der Waals surface area contributed by atoms with Crippen LogP contribution in [0.2, 0.25) is 5.02 Å². The molecule has 0 aliphatic rings. The van der Waals surface area contributed by atoms with Gasteiger partial charge in [0.2, 0.25) is 0 Å². The number of nitrogens with one attached hydrogen (secondary N) is 1. The quantitative estimate of drug-likeness (QED) is 0.170. The van der Waals surface area contributed by atoms with Crippen LogP contribution in [0.1, 0.15) is 32.6 Å². The number of hydrogen-bond donors (Lipinski definition) is 1. The summed E-state index contributed by atoms with van der Waals surface area (Å²) in [7, 11) is 3.12. The van der Waals surface area contributed by atoms with E-state index < -0.39 is 0 Å². The standard InChI is InChI=1S/C31H29ClN2O5/c1-21-9-12-25(13-10-21)31(35)34-33-18-24-15-26(32)30(29(17-24)37-3)39-20-23-11-14-27(28(16-23)36-2)38-19-22-7-5-4-6-8-22/h4-18H,19-20H2,1-3H3,(H,34,35)/b33-18+. The van der Waals surface area contributed by atoms with Crippen molar-refractivity contribution in [3.05, 3.63) is 118 Å². The van der Waals surface area contributed by atoms with Crippen LogP contribution >= 0.6 is 11.6 Å². The van der Waals surface area contributed by atoms with Crippen molar-refractivity contribution in [3.8, 4) is 23.0 Å². The highest BCUT2D eigenvalue weighted by atomic mass is 35.5. The van der Waals surface area contributed by atoms with E-state index in [1.54, 1.807) is 31.4 Å². The van der Waals surface area contributed by atoms with Gasteiger partial charge in [-0.1, -0.05) is 65.7 Å². The maximum atomic E-state index is 12.3. The Morgan fingerprint density at radius 1 is 0.821 bits per heavy atom. The molecule has 4 aromatic carbocycles. The summed E-state index contributed by atoms with van der Waals surface area (Å²) in [6.45, 7) is 2.62. The van der Waals surface area contributed by atoms with Gasteiger partial charge in [-0.15, -0.1) is 0 Å². The molecule has 0 saturated carbocycles. The molecule has 0 saturated heterocycles. The molecular formula is C31H29ClN2O5. The second kappa shape index (κ2) is 13.3. The molecule has 1 N–H and O–H groups in total. The third-order valence-electron chi connectivity index (χ3n) is 5.79. The van der Waals surface area contributed by atoms with E-state index >= 15 is 0 Å². The molecule has 39 heavy (non-hydrogen) atoms. The molecule has 4 rings (SSSR count). The van der Waals surface area contributed by atoms with Gasteiger partial charge in [-0.05, 0) is 60.0 Å². The summed E-state index contributed by atoms with van der Waals surface area (Å²) in [5, 5.41) is 4.38. The number of rotatable bonds is 11. The van der Waals surface area contributed by atoms with Crippen molar-refractivity contribution in [3.63, 3.8) is 0 Å². The molecule has 0 unspecified atom stereocenters. The van der Waals surface area contributed by atoms with Crippen LogP contribution < -0.4 is 24.4 Å². The van der Waals surface area contributed by atoms with Gasteiger partial charge in [-0.3, -0.25) is 4.79 Å². The summed E-state index contributed by atoms with van der Waals surface area (Å²) in [5.41, 5.74) is 6.66. The number of hydrogen-bond acceptors (Lipinski definition) is 6. The molecule has 0 radical (unpaired) electrons. The van der Waals surface area contributed by atoms with Gasteiger partial charge in [0.05, 0.1) is 25.5 Å². The summed E-state index contributed by atoms with van der Waals surface area (Å²) in [4.78, 5) is 12.3. The van der Waals surface area contributed by atoms with Crippen LogP contribution in [-0.2, 0) is 13.2 Å². The van der Waals surface area contributed by atoms with E-state index in [9.17, 15) is 4.79 Å². The molecule has 0 spiro atoms. The highest BCUT2D eigenvalue weighted by Gasteiger charge is 2.13. The molecule has 1 amide bonds. The number of ether oxygens (including phenoxy) is 4. The molecule has 0 atom stereocenters. The van der Waals surface area contributed by atoms with Gasteiger partial charge in [0.15, 0.2) is 23.0 Å². The van der Waals surface area contributed by atoms with Gasteiger partial charge in [-0.25, -0.2) is 5.43 Å². The zero-order valence-corrected chi connectivity index (χ0v) is 22.7. The minimum atomic E-state index is -0.309. The van der Waals surface area contributed by atoms with E-state index in [-0.39, 0.29) is 12.5 Å². The van der Waals surface area contributed by atoms with E-state index in [0.717, 1.165) is 16.7 Å². The normalized spacial score (nSPS) is 10.8. The van der Waals surface area contributed by atoms with Crippen molar-refractivity contribution in [2.24, 2.45) is 5.10 Å². The molecule has 200 valence electrons. The first kappa shape index (κ1) is 27.5. The number of aryl methyl sites for hydroxylation is 1. The Morgan fingerprint density at radius 2 is 1.54 bits per heavy atom. The zero-order valence-electron chi connectivity index (χ0n) is 21.9. The van der Waals surface area contributed by atoms with Crippen LogP contribution in [-0.4, -0.2) is 26.3 Å². The predicted molar refractivity (Wildman–Crippen MR) is 152 cm³/mol. The van der Waals surface area contributed by atoms with Crippen molar-refractivity contribution in [1.82, 2.24) is 5.43 Å². The van der Waals surface area contributed by atoms with E-state index in [1.807, 2.05) is 67.6 Å². The molecule has 0 bridgehead atoms. The van der Waals surface area contributed by atoms with Gasteiger partial charge >= 0.3 is 0 Å². The van der Waals surface area contributed by atoms with Crippen LogP contribution in [0.25, 0.3) is 0 Å². The van der Waals surface area contributed by atoms with E-state index in [1.165, 1.54) is 13.3 Å². The molecule has 0 heterocycles. The summed E-state index contributed by atoms with van der Waals surface area (Å²) < 4.78 is 23.0. The first-order chi connectivity index (χ1) is 19.0. The highest BCUT2D eigenvalue weighted by Crippen LogP contribution is 2.37. The third-order valence-corrected chi connectivity index (χ3v) is 6.07. The number of nitrogens with zero attached hydrogens (tertiary/aromatic N) is 1. The lowest BCUT2D eigenvalue weighted by Crippen LogP contribution is -2.17. The number of amides is 1. The zero-order chi connectivity index (χ0) is 27.6. The van der Waals surface area contributed by atoms with Gasteiger partial charge in [-0.2, -0.15) is 5.10 Å². The maximum absolute atomic E-state index is 12.3. The lowest BCUT2D eigenvalue weighted by Gasteiger charge is -2.15. The molecule has 0 fully saturated rings. The van der Waals surface area contributed by atoms with E-state index in [0.29, 0.717) is 45.8 Å². The lowest BCUT2D eigenvalue weighted by atomic mass is 10.1. The molecule has 0 aromatic heterocycles. The van der Waals surface area contributed by atoms with Crippen molar-refractivity contribution in [2.45, 2.75) is 20.1 Å². The fourth-order valence-electron chi connectivity index (χ4n) is 3.70. The third kappa shape index (κ3) is 7.52. The minimum absolute atomic E-state index is 0.228. The number of carbonyl (C=O) groups excluding carboxylic acids is 1. The Labute approximate surface area is 232 Å². The van der Waals surface area contributed by atoms with E-state index in [4.69, 9.17) is 30.5 Å². The van der Waals surface area contributed by atoms with Crippen molar-refractivity contribution >= 4 is 23.7 Å². The maximum Gasteiger partial charge on any atom is 0.271 e. The first-order valence-electron chi connectivity index (χ1n) is 12.2. The molecule has 4 aromatic rings. The Kier molecular flexibility index (Phi) is 9.43. The predicted octanol–water partition coefficient (Wildman–Crippen LogP) is 6.59. The number of hydrazone groups is 1. The lowest BCUT2D eigenvalue weighted by molar-refractivity contribution is 0.0955. The van der Waals surface area contributed by atoms with Crippen molar-refractivity contribution in [2.75, 3.05) is 14.2 Å². The Bertz CT molecular complexity index is 1440. The molecule has 0 aliphatic heterocycles. The van der Waals surface area contributed by atoms with Crippen LogP contribution in [0.4, 0.5) is 0 Å². The first-order valence-corrected chi connectivity index (χ1v) is 12.6. The summed E-state index contributed by atoms with van der Waals surface area (Å²) >= 11 is 6.52. The van der Waals surface area contributed by atoms with Crippen LogP contribution in [0.3, 0.4) is 0 Å². The summed E-state index contributed by atoms with van der Waals surface area (Å²) in [5.74, 6) is 1.76. The number of carbonyl (C=O) groups is 1. The molecule has 8 heteroatoms. The summed E-state index contributed by atoms with van der Waals surface area (Å²) in [6, 6.07) is 26.2. The number of halogens is 1. The monoisotopic (exact) mass is 544 g/mol. The van der Waals surface area contributed by atoms with Gasteiger partial charge in [0.1, 0.15) is 13.2 Å². The topological polar surface area (TPSA) is 78.4 Å². The number of benzene rings is 4. The van der Waals surface area contributed by atoms with Crippen LogP contribution in [0.5, 0.6) is 23.0 Å². The second-order valence-electron chi connectivity index (χ2n) is 8.65. The largest absolute Gasteiger partial charge is 0.493 e. The average molecular weight is 545 g/mol. The second-order valence-corrected chi connectivity index (χ2v) is 9.05. The fraction of sp³-hybridized carbons (Fsp3) is 0.161. The van der Waals surface area contributed by atoms with Crippen molar-refractivity contribution in [1.29, 1.82) is 0 Å². The smallest absolute Gasteiger partial charge is 0.271 e. The van der Waals surface area contributed by atoms with Gasteiger partial charge in [0.25, 0.3) is 5.91 Å². The van der Waals surface area contributed by atoms with Crippen LogP contribution in [0.15, 0.2) is 90.0 Å². The van der Waals surface area contributed by atoms with Crippen LogP contribution in [0, 0.1) is 6.92 Å². The highest BCUT2D eigenvalue weighted by molar-refractivity contribution is 6.32.